The highest BCUT2D eigenvalue weighted by Gasteiger charge is 2.13. The molecule has 2 atom stereocenters. The monoisotopic (exact) mass is 273 g/mol. The van der Waals surface area contributed by atoms with Gasteiger partial charge in [-0.15, -0.1) is 0 Å². The van der Waals surface area contributed by atoms with Crippen LogP contribution in [0.3, 0.4) is 0 Å². The molecule has 0 aliphatic rings. The summed E-state index contributed by atoms with van der Waals surface area (Å²) in [6.45, 7) is 2.40. The van der Waals surface area contributed by atoms with Crippen LogP contribution in [0.5, 0.6) is 0 Å². The first-order valence-electron chi connectivity index (χ1n) is 6.86. The van der Waals surface area contributed by atoms with E-state index in [1.165, 1.54) is 11.6 Å². The molecule has 0 bridgehead atoms. The van der Waals surface area contributed by atoms with E-state index in [9.17, 15) is 9.50 Å². The molecule has 0 aliphatic carbocycles. The number of hydrogen-bond donors (Lipinski definition) is 2. The normalized spacial score (nSPS) is 13.9. The van der Waals surface area contributed by atoms with Gasteiger partial charge in [-0.3, -0.25) is 0 Å². The number of benzene rings is 2. The second-order valence-electron chi connectivity index (χ2n) is 5.04. The topological polar surface area (TPSA) is 32.3 Å². The van der Waals surface area contributed by atoms with Crippen molar-refractivity contribution in [3.8, 4) is 0 Å². The Labute approximate surface area is 119 Å². The molecule has 20 heavy (non-hydrogen) atoms. The van der Waals surface area contributed by atoms with E-state index in [0.29, 0.717) is 12.1 Å². The summed E-state index contributed by atoms with van der Waals surface area (Å²) in [5.74, 6) is -0.363. The SMILES string of the molecule is C[C@H](Cc1ccccc1)NC[C@H](O)c1ccccc1F. The maximum absolute atomic E-state index is 13.5. The molecular formula is C17H20FNO. The fourth-order valence-electron chi connectivity index (χ4n) is 2.21. The summed E-state index contributed by atoms with van der Waals surface area (Å²) in [6, 6.07) is 16.7. The Morgan fingerprint density at radius 3 is 2.40 bits per heavy atom. The van der Waals surface area contributed by atoms with Gasteiger partial charge in [0.1, 0.15) is 5.82 Å². The van der Waals surface area contributed by atoms with Crippen LogP contribution < -0.4 is 5.32 Å². The summed E-state index contributed by atoms with van der Waals surface area (Å²) >= 11 is 0. The molecule has 2 rings (SSSR count). The average molecular weight is 273 g/mol. The minimum atomic E-state index is -0.825. The Morgan fingerprint density at radius 1 is 1.05 bits per heavy atom. The fraction of sp³-hybridized carbons (Fsp3) is 0.294. The summed E-state index contributed by atoms with van der Waals surface area (Å²) in [4.78, 5) is 0. The van der Waals surface area contributed by atoms with Crippen LogP contribution in [-0.2, 0) is 6.42 Å². The van der Waals surface area contributed by atoms with Crippen molar-refractivity contribution in [1.82, 2.24) is 5.32 Å². The van der Waals surface area contributed by atoms with E-state index in [4.69, 9.17) is 0 Å². The summed E-state index contributed by atoms with van der Waals surface area (Å²) in [6.07, 6.45) is 0.0552. The predicted molar refractivity (Wildman–Crippen MR) is 79.0 cm³/mol. The van der Waals surface area contributed by atoms with Gasteiger partial charge in [0.2, 0.25) is 0 Å². The second-order valence-corrected chi connectivity index (χ2v) is 5.04. The molecule has 106 valence electrons. The van der Waals surface area contributed by atoms with Crippen molar-refractivity contribution in [2.24, 2.45) is 0 Å². The highest BCUT2D eigenvalue weighted by Crippen LogP contribution is 2.16. The van der Waals surface area contributed by atoms with Crippen LogP contribution in [0, 0.1) is 5.82 Å². The van der Waals surface area contributed by atoms with Gasteiger partial charge < -0.3 is 10.4 Å². The van der Waals surface area contributed by atoms with Crippen molar-refractivity contribution in [2.75, 3.05) is 6.54 Å². The largest absolute Gasteiger partial charge is 0.387 e. The van der Waals surface area contributed by atoms with Gasteiger partial charge >= 0.3 is 0 Å². The molecule has 2 aromatic carbocycles. The molecule has 0 heterocycles. The van der Waals surface area contributed by atoms with Crippen LogP contribution in [0.2, 0.25) is 0 Å². The zero-order valence-electron chi connectivity index (χ0n) is 11.6. The lowest BCUT2D eigenvalue weighted by Gasteiger charge is -2.18. The quantitative estimate of drug-likeness (QED) is 0.847. The first kappa shape index (κ1) is 14.7. The molecule has 0 saturated carbocycles. The molecule has 2 aromatic rings. The minimum Gasteiger partial charge on any atom is -0.387 e. The van der Waals surface area contributed by atoms with Gasteiger partial charge in [0.25, 0.3) is 0 Å². The van der Waals surface area contributed by atoms with Gasteiger partial charge in [-0.1, -0.05) is 48.5 Å². The first-order valence-corrected chi connectivity index (χ1v) is 6.86. The van der Waals surface area contributed by atoms with Gasteiger partial charge in [0.15, 0.2) is 0 Å². The van der Waals surface area contributed by atoms with Crippen LogP contribution in [0.15, 0.2) is 54.6 Å². The van der Waals surface area contributed by atoms with Crippen molar-refractivity contribution in [1.29, 1.82) is 0 Å². The van der Waals surface area contributed by atoms with Crippen LogP contribution in [0.25, 0.3) is 0 Å². The van der Waals surface area contributed by atoms with Crippen molar-refractivity contribution in [3.63, 3.8) is 0 Å². The number of halogens is 1. The molecule has 0 unspecified atom stereocenters. The average Bonchev–Trinajstić information content (AvgIpc) is 2.46. The molecule has 0 radical (unpaired) electrons. The van der Waals surface area contributed by atoms with Crippen molar-refractivity contribution < 1.29 is 9.50 Å². The third-order valence-electron chi connectivity index (χ3n) is 3.31. The molecule has 2 nitrogen and oxygen atoms in total. The number of aliphatic hydroxyl groups is 1. The molecule has 0 fully saturated rings. The van der Waals surface area contributed by atoms with Crippen molar-refractivity contribution in [2.45, 2.75) is 25.5 Å². The lowest BCUT2D eigenvalue weighted by Crippen LogP contribution is -2.32. The maximum atomic E-state index is 13.5. The zero-order valence-corrected chi connectivity index (χ0v) is 11.6. The number of nitrogens with one attached hydrogen (secondary N) is 1. The Bertz CT molecular complexity index is 530. The zero-order chi connectivity index (χ0) is 14.4. The molecule has 0 spiro atoms. The molecule has 3 heteroatoms. The summed E-state index contributed by atoms with van der Waals surface area (Å²) in [7, 11) is 0. The lowest BCUT2D eigenvalue weighted by atomic mass is 10.1. The highest BCUT2D eigenvalue weighted by molar-refractivity contribution is 5.20. The third kappa shape index (κ3) is 4.15. The third-order valence-corrected chi connectivity index (χ3v) is 3.31. The minimum absolute atomic E-state index is 0.221. The van der Waals surface area contributed by atoms with E-state index in [0.717, 1.165) is 6.42 Å². The fourth-order valence-corrected chi connectivity index (χ4v) is 2.21. The number of aliphatic hydroxyl groups excluding tert-OH is 1. The van der Waals surface area contributed by atoms with Crippen molar-refractivity contribution >= 4 is 0 Å². The van der Waals surface area contributed by atoms with E-state index in [1.807, 2.05) is 18.2 Å². The molecule has 0 saturated heterocycles. The van der Waals surface area contributed by atoms with E-state index in [2.05, 4.69) is 24.4 Å². The van der Waals surface area contributed by atoms with Crippen molar-refractivity contribution in [3.05, 3.63) is 71.5 Å². The highest BCUT2D eigenvalue weighted by atomic mass is 19.1. The van der Waals surface area contributed by atoms with Gasteiger partial charge in [-0.25, -0.2) is 4.39 Å². The molecule has 0 amide bonds. The summed E-state index contributed by atoms with van der Waals surface area (Å²) < 4.78 is 13.5. The van der Waals surface area contributed by atoms with Crippen LogP contribution in [0.4, 0.5) is 4.39 Å². The van der Waals surface area contributed by atoms with E-state index in [1.54, 1.807) is 18.2 Å². The van der Waals surface area contributed by atoms with Crippen LogP contribution >= 0.6 is 0 Å². The molecular weight excluding hydrogens is 253 g/mol. The van der Waals surface area contributed by atoms with Gasteiger partial charge in [0, 0.05) is 18.2 Å². The predicted octanol–water partition coefficient (Wildman–Crippen LogP) is 3.08. The van der Waals surface area contributed by atoms with Crippen LogP contribution in [-0.4, -0.2) is 17.7 Å². The summed E-state index contributed by atoms with van der Waals surface area (Å²) in [5.41, 5.74) is 1.58. The summed E-state index contributed by atoms with van der Waals surface area (Å²) in [5, 5.41) is 13.3. The van der Waals surface area contributed by atoms with Gasteiger partial charge in [-0.05, 0) is 25.0 Å². The Balaban J connectivity index is 1.84. The second kappa shape index (κ2) is 7.17. The smallest absolute Gasteiger partial charge is 0.129 e. The molecule has 2 N–H and O–H groups in total. The Hall–Kier alpha value is -1.71. The van der Waals surface area contributed by atoms with E-state index in [-0.39, 0.29) is 11.9 Å². The Kier molecular flexibility index (Phi) is 5.27. The molecule has 0 aromatic heterocycles. The molecule has 0 aliphatic heterocycles. The maximum Gasteiger partial charge on any atom is 0.129 e. The lowest BCUT2D eigenvalue weighted by molar-refractivity contribution is 0.166. The number of rotatable bonds is 6. The van der Waals surface area contributed by atoms with E-state index < -0.39 is 6.10 Å². The van der Waals surface area contributed by atoms with Crippen LogP contribution in [0.1, 0.15) is 24.2 Å². The standard InChI is InChI=1S/C17H20FNO/c1-13(11-14-7-3-2-4-8-14)19-12-17(20)15-9-5-6-10-16(15)18/h2-10,13,17,19-20H,11-12H2,1H3/t13-,17+/m1/s1. The first-order chi connectivity index (χ1) is 9.66. The Morgan fingerprint density at radius 2 is 1.70 bits per heavy atom. The van der Waals surface area contributed by atoms with Gasteiger partial charge in [-0.2, -0.15) is 0 Å². The van der Waals surface area contributed by atoms with E-state index >= 15 is 0 Å². The number of hydrogen-bond acceptors (Lipinski definition) is 2. The van der Waals surface area contributed by atoms with Gasteiger partial charge in [0.05, 0.1) is 6.10 Å².